The molecule has 1 heterocycles. The summed E-state index contributed by atoms with van der Waals surface area (Å²) in [6.45, 7) is 0. The second-order valence-corrected chi connectivity index (χ2v) is 6.95. The van der Waals surface area contributed by atoms with E-state index in [1.54, 1.807) is 0 Å². The normalized spacial score (nSPS) is 10.9. The summed E-state index contributed by atoms with van der Waals surface area (Å²) >= 11 is 0. The van der Waals surface area contributed by atoms with Gasteiger partial charge in [-0.2, -0.15) is 4.57 Å². The van der Waals surface area contributed by atoms with Gasteiger partial charge in [-0.3, -0.25) is 0 Å². The lowest BCUT2D eigenvalue weighted by molar-refractivity contribution is -2.00. The summed E-state index contributed by atoms with van der Waals surface area (Å²) in [5, 5.41) is 0. The van der Waals surface area contributed by atoms with Gasteiger partial charge in [0.25, 0.3) is 0 Å². The average Bonchev–Trinajstić information content (AvgIpc) is 3.10. The van der Waals surface area contributed by atoms with Gasteiger partial charge in [-0.15, -0.1) is 10.2 Å². The van der Waals surface area contributed by atoms with E-state index in [1.807, 2.05) is 42.1 Å². The van der Waals surface area contributed by atoms with Crippen LogP contribution in [0.15, 0.2) is 95.5 Å². The minimum absolute atomic E-state index is 0.855. The van der Waals surface area contributed by atoms with Gasteiger partial charge in [-0.25, -0.2) is 18.6 Å². The van der Waals surface area contributed by atoms with Crippen molar-refractivity contribution in [2.75, 3.05) is 0 Å². The SMILES string of the molecule is C[n+]1cc(-c2ccccc2)oc1-c1ccc(-c2ccccc2)cc1.[O-][Cl+3]([O-])([O-])[O-]. The van der Waals surface area contributed by atoms with E-state index in [2.05, 4.69) is 60.7 Å². The van der Waals surface area contributed by atoms with Crippen LogP contribution in [0.2, 0.25) is 0 Å². The Morgan fingerprint density at radius 1 is 0.621 bits per heavy atom. The zero-order chi connectivity index (χ0) is 20.9. The van der Waals surface area contributed by atoms with Gasteiger partial charge in [-0.1, -0.05) is 72.8 Å². The summed E-state index contributed by atoms with van der Waals surface area (Å²) < 4.78 is 42.1. The Hall–Kier alpha value is -3.00. The fourth-order valence-electron chi connectivity index (χ4n) is 2.87. The summed E-state index contributed by atoms with van der Waals surface area (Å²) in [4.78, 5) is 0. The van der Waals surface area contributed by atoms with Gasteiger partial charge in [-0.05, 0) is 23.3 Å². The summed E-state index contributed by atoms with van der Waals surface area (Å²) in [5.41, 5.74) is 4.58. The largest absolute Gasteiger partial charge is 0.398 e. The Labute approximate surface area is 170 Å². The third-order valence-corrected chi connectivity index (χ3v) is 4.14. The summed E-state index contributed by atoms with van der Waals surface area (Å²) in [7, 11) is -2.93. The third-order valence-electron chi connectivity index (χ3n) is 4.14. The number of oxazole rings is 1. The first kappa shape index (κ1) is 20.7. The fraction of sp³-hybridized carbons (Fsp3) is 0.0455. The van der Waals surface area contributed by atoms with E-state index < -0.39 is 10.2 Å². The van der Waals surface area contributed by atoms with Gasteiger partial charge < -0.3 is 4.42 Å². The monoisotopic (exact) mass is 411 g/mol. The molecule has 1 aromatic heterocycles. The lowest BCUT2D eigenvalue weighted by Gasteiger charge is -2.17. The Morgan fingerprint density at radius 3 is 1.55 bits per heavy atom. The van der Waals surface area contributed by atoms with Crippen molar-refractivity contribution in [1.82, 2.24) is 0 Å². The molecule has 0 radical (unpaired) electrons. The molecule has 4 rings (SSSR count). The quantitative estimate of drug-likeness (QED) is 0.452. The Kier molecular flexibility index (Phi) is 6.43. The van der Waals surface area contributed by atoms with Crippen molar-refractivity contribution in [3.8, 4) is 33.9 Å². The van der Waals surface area contributed by atoms with Crippen LogP contribution >= 0.6 is 0 Å². The lowest BCUT2D eigenvalue weighted by atomic mass is 10.0. The minimum atomic E-state index is -4.94. The van der Waals surface area contributed by atoms with Crippen LogP contribution in [0.1, 0.15) is 0 Å². The molecule has 0 fully saturated rings. The van der Waals surface area contributed by atoms with Crippen molar-refractivity contribution in [1.29, 1.82) is 0 Å². The third kappa shape index (κ3) is 5.99. The zero-order valence-electron chi connectivity index (χ0n) is 15.5. The van der Waals surface area contributed by atoms with Gasteiger partial charge >= 0.3 is 5.89 Å². The number of hydrogen-bond donors (Lipinski definition) is 0. The van der Waals surface area contributed by atoms with E-state index in [1.165, 1.54) is 11.1 Å². The molecular weight excluding hydrogens is 394 g/mol. The molecule has 3 aromatic carbocycles. The first-order valence-corrected chi connectivity index (χ1v) is 9.87. The van der Waals surface area contributed by atoms with E-state index in [-0.39, 0.29) is 0 Å². The molecule has 0 aliphatic carbocycles. The van der Waals surface area contributed by atoms with Crippen molar-refractivity contribution in [2.45, 2.75) is 0 Å². The minimum Gasteiger partial charge on any atom is -0.398 e. The number of aryl methyl sites for hydroxylation is 1. The first-order valence-electron chi connectivity index (χ1n) is 8.64. The molecule has 29 heavy (non-hydrogen) atoms. The van der Waals surface area contributed by atoms with Crippen molar-refractivity contribution >= 4 is 0 Å². The molecular formula is C22H18ClNO5. The molecule has 0 spiro atoms. The van der Waals surface area contributed by atoms with E-state index >= 15 is 0 Å². The van der Waals surface area contributed by atoms with Gasteiger partial charge in [0.05, 0.1) is 5.56 Å². The number of aromatic nitrogens is 1. The Balaban J connectivity index is 0.000000431. The number of benzene rings is 3. The molecule has 0 saturated carbocycles. The van der Waals surface area contributed by atoms with Crippen molar-refractivity contribution < 1.29 is 37.9 Å². The van der Waals surface area contributed by atoms with Crippen molar-refractivity contribution in [3.05, 3.63) is 91.1 Å². The Morgan fingerprint density at radius 2 is 1.03 bits per heavy atom. The van der Waals surface area contributed by atoms with Crippen LogP contribution in [-0.2, 0) is 7.05 Å². The topological polar surface area (TPSA) is 109 Å². The molecule has 0 aliphatic rings. The van der Waals surface area contributed by atoms with E-state index in [4.69, 9.17) is 23.1 Å². The van der Waals surface area contributed by atoms with E-state index in [9.17, 15) is 0 Å². The first-order chi connectivity index (χ1) is 13.8. The molecule has 0 bridgehead atoms. The average molecular weight is 412 g/mol. The molecule has 0 N–H and O–H groups in total. The maximum absolute atomic E-state index is 8.49. The molecule has 0 saturated heterocycles. The number of nitrogens with zero attached hydrogens (tertiary/aromatic N) is 1. The van der Waals surface area contributed by atoms with Crippen molar-refractivity contribution in [2.24, 2.45) is 7.05 Å². The number of hydrogen-bond acceptors (Lipinski definition) is 5. The van der Waals surface area contributed by atoms with Gasteiger partial charge in [0.2, 0.25) is 12.0 Å². The molecule has 0 unspecified atom stereocenters. The van der Waals surface area contributed by atoms with Crippen LogP contribution in [0.25, 0.3) is 33.9 Å². The highest BCUT2D eigenvalue weighted by atomic mass is 35.7. The van der Waals surface area contributed by atoms with E-state index in [0.29, 0.717) is 0 Å². The van der Waals surface area contributed by atoms with E-state index in [0.717, 1.165) is 22.8 Å². The summed E-state index contributed by atoms with van der Waals surface area (Å²) in [6.07, 6.45) is 2.02. The lowest BCUT2D eigenvalue weighted by Crippen LogP contribution is -2.68. The molecule has 4 aromatic rings. The second kappa shape index (κ2) is 9.00. The summed E-state index contributed by atoms with van der Waals surface area (Å²) in [6, 6.07) is 29.0. The Bertz CT molecular complexity index is 1040. The van der Waals surface area contributed by atoms with Crippen LogP contribution in [0.5, 0.6) is 0 Å². The fourth-order valence-corrected chi connectivity index (χ4v) is 2.87. The highest BCUT2D eigenvalue weighted by Crippen LogP contribution is 2.26. The smallest absolute Gasteiger partial charge is 0.380 e. The van der Waals surface area contributed by atoms with Gasteiger partial charge in [0, 0.05) is 5.56 Å². The molecule has 0 amide bonds. The van der Waals surface area contributed by atoms with Crippen LogP contribution in [0.4, 0.5) is 0 Å². The summed E-state index contributed by atoms with van der Waals surface area (Å²) in [5.74, 6) is 1.73. The van der Waals surface area contributed by atoms with Crippen LogP contribution in [0, 0.1) is 10.2 Å². The maximum Gasteiger partial charge on any atom is 0.380 e. The molecule has 7 heteroatoms. The van der Waals surface area contributed by atoms with Crippen LogP contribution in [0.3, 0.4) is 0 Å². The highest BCUT2D eigenvalue weighted by molar-refractivity contribution is 5.67. The van der Waals surface area contributed by atoms with Gasteiger partial charge in [0.1, 0.15) is 7.05 Å². The van der Waals surface area contributed by atoms with Crippen molar-refractivity contribution in [3.63, 3.8) is 0 Å². The molecule has 148 valence electrons. The maximum atomic E-state index is 8.49. The standard InChI is InChI=1S/C22H18NO.ClHO4/c1-23-16-21(19-10-6-3-7-11-19)24-22(23)20-14-12-18(13-15-20)17-8-4-2-5-9-17;2-1(3,4)5/h2-16H,1H3;(H,2,3,4,5)/q+1;/p-1. The van der Waals surface area contributed by atoms with Gasteiger partial charge in [0.15, 0.2) is 0 Å². The van der Waals surface area contributed by atoms with Crippen LogP contribution < -0.4 is 23.2 Å². The number of rotatable bonds is 3. The molecule has 6 nitrogen and oxygen atoms in total. The predicted octanol–water partition coefficient (Wildman–Crippen LogP) is 0.349. The number of halogens is 1. The van der Waals surface area contributed by atoms with Crippen LogP contribution in [-0.4, -0.2) is 0 Å². The molecule has 0 aliphatic heterocycles. The predicted molar refractivity (Wildman–Crippen MR) is 96.2 cm³/mol. The zero-order valence-corrected chi connectivity index (χ0v) is 16.3. The molecule has 0 atom stereocenters. The highest BCUT2D eigenvalue weighted by Gasteiger charge is 2.19. The second-order valence-electron chi connectivity index (χ2n) is 6.20.